The highest BCUT2D eigenvalue weighted by Crippen LogP contribution is 2.29. The summed E-state index contributed by atoms with van der Waals surface area (Å²) in [6.07, 6.45) is 1.12. The highest BCUT2D eigenvalue weighted by atomic mass is 35.5. The van der Waals surface area contributed by atoms with Crippen molar-refractivity contribution in [2.45, 2.75) is 12.5 Å². The minimum atomic E-state index is -3.31. The number of benzene rings is 1. The van der Waals surface area contributed by atoms with Crippen molar-refractivity contribution in [3.8, 4) is 0 Å². The molecular formula is C17H21ClN4O5S. The van der Waals surface area contributed by atoms with Crippen LogP contribution in [0.15, 0.2) is 24.3 Å². The monoisotopic (exact) mass is 428 g/mol. The molecule has 0 aliphatic carbocycles. The van der Waals surface area contributed by atoms with Gasteiger partial charge in [0.1, 0.15) is 12.1 Å². The lowest BCUT2D eigenvalue weighted by Crippen LogP contribution is -2.53. The SMILES string of the molecule is C[C@]1(c2ccc(Cl)cc2)NC(=O)N(CC(=O)N2CCN(S(C)(=O)=O)CC2)C1=O. The molecule has 0 saturated carbocycles. The zero-order valence-electron chi connectivity index (χ0n) is 15.5. The van der Waals surface area contributed by atoms with Crippen molar-refractivity contribution in [3.05, 3.63) is 34.9 Å². The first kappa shape index (κ1) is 20.6. The number of piperazine rings is 1. The second-order valence-electron chi connectivity index (χ2n) is 7.00. The summed E-state index contributed by atoms with van der Waals surface area (Å²) in [6.45, 7) is 1.98. The van der Waals surface area contributed by atoms with Crippen molar-refractivity contribution in [3.63, 3.8) is 0 Å². The van der Waals surface area contributed by atoms with Crippen LogP contribution in [0.1, 0.15) is 12.5 Å². The first-order valence-corrected chi connectivity index (χ1v) is 10.9. The largest absolute Gasteiger partial charge is 0.338 e. The molecule has 3 rings (SSSR count). The van der Waals surface area contributed by atoms with Crippen LogP contribution in [-0.4, -0.2) is 79.3 Å². The molecule has 28 heavy (non-hydrogen) atoms. The molecule has 2 heterocycles. The Balaban J connectivity index is 1.68. The Morgan fingerprint density at radius 1 is 1.14 bits per heavy atom. The zero-order valence-corrected chi connectivity index (χ0v) is 17.1. The Bertz CT molecular complexity index is 912. The van der Waals surface area contributed by atoms with Crippen molar-refractivity contribution >= 4 is 39.5 Å². The van der Waals surface area contributed by atoms with E-state index in [4.69, 9.17) is 11.6 Å². The molecule has 1 N–H and O–H groups in total. The average molecular weight is 429 g/mol. The third-order valence-electron chi connectivity index (χ3n) is 5.05. The van der Waals surface area contributed by atoms with Crippen LogP contribution >= 0.6 is 11.6 Å². The molecule has 4 amide bonds. The van der Waals surface area contributed by atoms with Gasteiger partial charge in [-0.15, -0.1) is 0 Å². The number of sulfonamides is 1. The second kappa shape index (κ2) is 7.34. The number of rotatable bonds is 4. The fraction of sp³-hybridized carbons (Fsp3) is 0.471. The third-order valence-corrected chi connectivity index (χ3v) is 6.61. The minimum Gasteiger partial charge on any atom is -0.338 e. The summed E-state index contributed by atoms with van der Waals surface area (Å²) in [6, 6.07) is 5.89. The summed E-state index contributed by atoms with van der Waals surface area (Å²) in [5.74, 6) is -0.931. The van der Waals surface area contributed by atoms with E-state index in [1.165, 1.54) is 9.21 Å². The van der Waals surface area contributed by atoms with Crippen LogP contribution in [-0.2, 0) is 25.2 Å². The van der Waals surface area contributed by atoms with Gasteiger partial charge in [-0.25, -0.2) is 13.2 Å². The third kappa shape index (κ3) is 3.85. The van der Waals surface area contributed by atoms with E-state index >= 15 is 0 Å². The molecule has 1 atom stereocenters. The maximum Gasteiger partial charge on any atom is 0.325 e. The van der Waals surface area contributed by atoms with Gasteiger partial charge in [-0.3, -0.25) is 14.5 Å². The summed E-state index contributed by atoms with van der Waals surface area (Å²) >= 11 is 5.88. The Hall–Kier alpha value is -2.17. The molecule has 2 aliphatic rings. The van der Waals surface area contributed by atoms with E-state index in [0.29, 0.717) is 10.6 Å². The fourth-order valence-electron chi connectivity index (χ4n) is 3.32. The zero-order chi connectivity index (χ0) is 20.7. The lowest BCUT2D eigenvalue weighted by atomic mass is 9.92. The Morgan fingerprint density at radius 2 is 1.71 bits per heavy atom. The summed E-state index contributed by atoms with van der Waals surface area (Å²) in [4.78, 5) is 40.1. The van der Waals surface area contributed by atoms with Gasteiger partial charge in [0.05, 0.1) is 6.26 Å². The summed E-state index contributed by atoms with van der Waals surface area (Å²) in [7, 11) is -3.31. The number of hydrogen-bond acceptors (Lipinski definition) is 5. The molecule has 0 aromatic heterocycles. The molecule has 0 unspecified atom stereocenters. The minimum absolute atomic E-state index is 0.188. The van der Waals surface area contributed by atoms with E-state index < -0.39 is 40.0 Å². The van der Waals surface area contributed by atoms with Crippen molar-refractivity contribution in [2.75, 3.05) is 39.0 Å². The lowest BCUT2D eigenvalue weighted by Gasteiger charge is -2.33. The number of carbonyl (C=O) groups is 3. The van der Waals surface area contributed by atoms with Crippen molar-refractivity contribution in [1.82, 2.24) is 19.4 Å². The normalized spacial score (nSPS) is 23.8. The summed E-state index contributed by atoms with van der Waals surface area (Å²) in [5.41, 5.74) is -0.719. The number of nitrogens with zero attached hydrogens (tertiary/aromatic N) is 3. The first-order chi connectivity index (χ1) is 13.0. The number of amides is 4. The highest BCUT2D eigenvalue weighted by molar-refractivity contribution is 7.88. The van der Waals surface area contributed by atoms with Crippen LogP contribution in [0.4, 0.5) is 4.79 Å². The van der Waals surface area contributed by atoms with E-state index in [-0.39, 0.29) is 26.2 Å². The topological polar surface area (TPSA) is 107 Å². The number of urea groups is 1. The molecule has 9 nitrogen and oxygen atoms in total. The van der Waals surface area contributed by atoms with Crippen LogP contribution in [0.5, 0.6) is 0 Å². The van der Waals surface area contributed by atoms with Crippen LogP contribution in [0, 0.1) is 0 Å². The molecule has 152 valence electrons. The molecule has 1 aromatic rings. The molecule has 1 aromatic carbocycles. The molecule has 2 fully saturated rings. The van der Waals surface area contributed by atoms with Crippen LogP contribution in [0.25, 0.3) is 0 Å². The van der Waals surface area contributed by atoms with E-state index in [2.05, 4.69) is 5.32 Å². The highest BCUT2D eigenvalue weighted by Gasteiger charge is 2.49. The number of carbonyl (C=O) groups excluding carboxylic acids is 3. The smallest absolute Gasteiger partial charge is 0.325 e. The lowest BCUT2D eigenvalue weighted by molar-refractivity contribution is -0.139. The maximum absolute atomic E-state index is 12.9. The van der Waals surface area contributed by atoms with Gasteiger partial charge in [0.2, 0.25) is 15.9 Å². The Labute approximate surface area is 168 Å². The van der Waals surface area contributed by atoms with Crippen LogP contribution in [0.3, 0.4) is 0 Å². The van der Waals surface area contributed by atoms with E-state index in [9.17, 15) is 22.8 Å². The van der Waals surface area contributed by atoms with Gasteiger partial charge >= 0.3 is 6.03 Å². The number of hydrogen-bond donors (Lipinski definition) is 1. The Morgan fingerprint density at radius 3 is 2.25 bits per heavy atom. The number of nitrogens with one attached hydrogen (secondary N) is 1. The second-order valence-corrected chi connectivity index (χ2v) is 9.42. The maximum atomic E-state index is 12.9. The molecule has 0 bridgehead atoms. The summed E-state index contributed by atoms with van der Waals surface area (Å²) < 4.78 is 24.4. The van der Waals surface area contributed by atoms with Crippen molar-refractivity contribution in [2.24, 2.45) is 0 Å². The van der Waals surface area contributed by atoms with Gasteiger partial charge in [0.15, 0.2) is 0 Å². The van der Waals surface area contributed by atoms with Gasteiger partial charge in [0, 0.05) is 31.2 Å². The van der Waals surface area contributed by atoms with Gasteiger partial charge < -0.3 is 10.2 Å². The van der Waals surface area contributed by atoms with Crippen LogP contribution in [0.2, 0.25) is 5.02 Å². The molecule has 0 spiro atoms. The first-order valence-electron chi connectivity index (χ1n) is 8.65. The molecule has 0 radical (unpaired) electrons. The molecule has 2 aliphatic heterocycles. The van der Waals surface area contributed by atoms with Crippen molar-refractivity contribution in [1.29, 1.82) is 0 Å². The molecular weight excluding hydrogens is 408 g/mol. The molecule has 2 saturated heterocycles. The quantitative estimate of drug-likeness (QED) is 0.690. The van der Waals surface area contributed by atoms with Gasteiger partial charge in [-0.1, -0.05) is 23.7 Å². The number of imide groups is 1. The van der Waals surface area contributed by atoms with E-state index in [0.717, 1.165) is 11.2 Å². The van der Waals surface area contributed by atoms with Crippen LogP contribution < -0.4 is 5.32 Å². The standard InChI is InChI=1S/C17H21ClN4O5S/c1-17(12-3-5-13(18)6-4-12)15(24)22(16(25)19-17)11-14(23)20-7-9-21(10-8-20)28(2,26)27/h3-6H,7-11H2,1-2H3,(H,19,25)/t17-/m1/s1. The van der Waals surface area contributed by atoms with Crippen molar-refractivity contribution < 1.29 is 22.8 Å². The van der Waals surface area contributed by atoms with E-state index in [1.807, 2.05) is 0 Å². The van der Waals surface area contributed by atoms with Gasteiger partial charge in [0.25, 0.3) is 5.91 Å². The van der Waals surface area contributed by atoms with E-state index in [1.54, 1.807) is 31.2 Å². The van der Waals surface area contributed by atoms with Gasteiger partial charge in [-0.05, 0) is 24.6 Å². The molecule has 11 heteroatoms. The summed E-state index contributed by atoms with van der Waals surface area (Å²) in [5, 5.41) is 3.14. The predicted molar refractivity (Wildman–Crippen MR) is 102 cm³/mol. The number of halogens is 1. The van der Waals surface area contributed by atoms with Gasteiger partial charge in [-0.2, -0.15) is 4.31 Å². The predicted octanol–water partition coefficient (Wildman–Crippen LogP) is 0.211. The fourth-order valence-corrected chi connectivity index (χ4v) is 4.28. The Kier molecular flexibility index (Phi) is 5.39. The average Bonchev–Trinajstić information content (AvgIpc) is 2.85.